The van der Waals surface area contributed by atoms with Crippen molar-refractivity contribution in [1.29, 1.82) is 0 Å². The molecule has 0 N–H and O–H groups in total. The molecule has 262 valence electrons. The molecule has 0 unspecified atom stereocenters. The minimum Gasteiger partial charge on any atom is -0.465 e. The highest BCUT2D eigenvalue weighted by molar-refractivity contribution is 6.10. The summed E-state index contributed by atoms with van der Waals surface area (Å²) in [4.78, 5) is 2.57. The molecule has 0 atom stereocenters. The van der Waals surface area contributed by atoms with Crippen molar-refractivity contribution < 1.29 is 9.47 Å². The van der Waals surface area contributed by atoms with Crippen LogP contribution in [0.2, 0.25) is 0 Å². The maximum Gasteiger partial charge on any atom is 0.188 e. The lowest BCUT2D eigenvalue weighted by atomic mass is 9.99. The van der Waals surface area contributed by atoms with Gasteiger partial charge in [-0.2, -0.15) is 0 Å². The standard InChI is InChI=1S/C47H47N3O2/c1-6-48(25-23-35-27-32(2)29-45(34(35)4)49-41-19-11-7-15-37(41)38-16-8-12-20-42(38)49)26-24-36-28-33(3)30-46(47(36)52-31-51-5)50-43-21-13-9-17-39(43)40-18-10-14-22-44(40)50/h7-22,27-30H,6,23-26,31H2,1-5H3. The summed E-state index contributed by atoms with van der Waals surface area (Å²) in [6.07, 6.45) is 1.86. The van der Waals surface area contributed by atoms with E-state index in [-0.39, 0.29) is 6.79 Å². The van der Waals surface area contributed by atoms with Gasteiger partial charge in [-0.1, -0.05) is 91.9 Å². The predicted molar refractivity (Wildman–Crippen MR) is 218 cm³/mol. The van der Waals surface area contributed by atoms with Gasteiger partial charge in [0.2, 0.25) is 0 Å². The molecule has 5 heteroatoms. The van der Waals surface area contributed by atoms with E-state index in [1.165, 1.54) is 77.1 Å². The number of fused-ring (bicyclic) bond motifs is 6. The highest BCUT2D eigenvalue weighted by atomic mass is 16.7. The number of rotatable bonds is 12. The first-order valence-corrected chi connectivity index (χ1v) is 18.5. The number of benzene rings is 6. The van der Waals surface area contributed by atoms with Crippen molar-refractivity contribution in [2.24, 2.45) is 0 Å². The van der Waals surface area contributed by atoms with Crippen molar-refractivity contribution in [2.45, 2.75) is 40.5 Å². The second-order valence-electron chi connectivity index (χ2n) is 14.1. The van der Waals surface area contributed by atoms with Crippen LogP contribution in [0, 0.1) is 20.8 Å². The molecule has 52 heavy (non-hydrogen) atoms. The van der Waals surface area contributed by atoms with Gasteiger partial charge in [-0.3, -0.25) is 0 Å². The number of aromatic nitrogens is 2. The smallest absolute Gasteiger partial charge is 0.188 e. The molecule has 0 bridgehead atoms. The number of likely N-dealkylation sites (N-methyl/N-ethyl adjacent to an activating group) is 1. The van der Waals surface area contributed by atoms with Crippen molar-refractivity contribution in [3.05, 3.63) is 149 Å². The minimum absolute atomic E-state index is 0.193. The van der Waals surface area contributed by atoms with E-state index in [4.69, 9.17) is 9.47 Å². The fourth-order valence-corrected chi connectivity index (χ4v) is 8.22. The van der Waals surface area contributed by atoms with Gasteiger partial charge in [0.25, 0.3) is 0 Å². The topological polar surface area (TPSA) is 31.6 Å². The third-order valence-corrected chi connectivity index (χ3v) is 10.7. The van der Waals surface area contributed by atoms with E-state index >= 15 is 0 Å². The Morgan fingerprint density at radius 2 is 0.962 bits per heavy atom. The number of para-hydroxylation sites is 4. The number of hydrogen-bond donors (Lipinski definition) is 0. The summed E-state index contributed by atoms with van der Waals surface area (Å²) >= 11 is 0. The van der Waals surface area contributed by atoms with E-state index in [0.717, 1.165) is 43.9 Å². The van der Waals surface area contributed by atoms with Crippen LogP contribution < -0.4 is 4.74 Å². The number of methoxy groups -OCH3 is 1. The molecule has 0 aliphatic rings. The molecule has 2 aromatic heterocycles. The Balaban J connectivity index is 1.09. The Bertz CT molecular complexity index is 2450. The lowest BCUT2D eigenvalue weighted by molar-refractivity contribution is 0.0503. The quantitative estimate of drug-likeness (QED) is 0.120. The molecule has 0 radical (unpaired) electrons. The summed E-state index contributed by atoms with van der Waals surface area (Å²) in [5.41, 5.74) is 13.6. The van der Waals surface area contributed by atoms with Crippen LogP contribution in [0.25, 0.3) is 55.0 Å². The average molecular weight is 686 g/mol. The number of aryl methyl sites for hydroxylation is 2. The molecular formula is C47H47N3O2. The Kier molecular flexibility index (Phi) is 9.31. The first-order valence-electron chi connectivity index (χ1n) is 18.5. The molecule has 8 rings (SSSR count). The molecule has 0 saturated heterocycles. The van der Waals surface area contributed by atoms with Crippen molar-refractivity contribution >= 4 is 43.6 Å². The van der Waals surface area contributed by atoms with Gasteiger partial charge < -0.3 is 23.5 Å². The van der Waals surface area contributed by atoms with Gasteiger partial charge in [0.15, 0.2) is 6.79 Å². The first kappa shape index (κ1) is 33.8. The van der Waals surface area contributed by atoms with E-state index in [2.05, 4.69) is 163 Å². The molecule has 6 aromatic carbocycles. The Morgan fingerprint density at radius 1 is 0.538 bits per heavy atom. The molecule has 5 nitrogen and oxygen atoms in total. The molecule has 2 heterocycles. The van der Waals surface area contributed by atoms with E-state index in [1.54, 1.807) is 7.11 Å². The minimum atomic E-state index is 0.193. The van der Waals surface area contributed by atoms with E-state index < -0.39 is 0 Å². The van der Waals surface area contributed by atoms with Gasteiger partial charge in [-0.05, 0) is 104 Å². The summed E-state index contributed by atoms with van der Waals surface area (Å²) in [6.45, 7) is 12.1. The van der Waals surface area contributed by atoms with Crippen LogP contribution in [0.3, 0.4) is 0 Å². The summed E-state index contributed by atoms with van der Waals surface area (Å²) in [7, 11) is 1.69. The fourth-order valence-electron chi connectivity index (χ4n) is 8.22. The SMILES string of the molecule is CCN(CCc1cc(C)cc(-n2c3ccccc3c3ccccc32)c1C)CCc1cc(C)cc(-n2c3ccccc3c3ccccc32)c1OCOC. The van der Waals surface area contributed by atoms with Gasteiger partial charge in [-0.25, -0.2) is 0 Å². The van der Waals surface area contributed by atoms with Crippen molar-refractivity contribution in [3.8, 4) is 17.1 Å². The number of ether oxygens (including phenoxy) is 2. The zero-order valence-electron chi connectivity index (χ0n) is 30.9. The Hall–Kier alpha value is -5.36. The molecule has 0 amide bonds. The fraction of sp³-hybridized carbons (Fsp3) is 0.234. The summed E-state index contributed by atoms with van der Waals surface area (Å²) < 4.78 is 16.8. The molecule has 0 fully saturated rings. The largest absolute Gasteiger partial charge is 0.465 e. The van der Waals surface area contributed by atoms with Gasteiger partial charge in [0, 0.05) is 47.4 Å². The summed E-state index contributed by atoms with van der Waals surface area (Å²) in [6, 6.07) is 44.1. The predicted octanol–water partition coefficient (Wildman–Crippen LogP) is 10.9. The number of nitrogens with zero attached hydrogens (tertiary/aromatic N) is 3. The van der Waals surface area contributed by atoms with Gasteiger partial charge in [0.1, 0.15) is 5.75 Å². The normalized spacial score (nSPS) is 11.9. The second kappa shape index (κ2) is 14.3. The highest BCUT2D eigenvalue weighted by Gasteiger charge is 2.20. The lowest BCUT2D eigenvalue weighted by Crippen LogP contribution is -2.28. The molecule has 0 aliphatic heterocycles. The van der Waals surface area contributed by atoms with Crippen LogP contribution in [-0.2, 0) is 17.6 Å². The zero-order chi connectivity index (χ0) is 35.8. The molecule has 8 aromatic rings. The molecular weight excluding hydrogens is 639 g/mol. The Morgan fingerprint density at radius 3 is 1.44 bits per heavy atom. The molecule has 0 spiro atoms. The van der Waals surface area contributed by atoms with Gasteiger partial charge in [0.05, 0.1) is 27.8 Å². The zero-order valence-corrected chi connectivity index (χ0v) is 30.9. The van der Waals surface area contributed by atoms with E-state index in [9.17, 15) is 0 Å². The average Bonchev–Trinajstić information content (AvgIpc) is 3.68. The number of hydrogen-bond acceptors (Lipinski definition) is 3. The highest BCUT2D eigenvalue weighted by Crippen LogP contribution is 2.38. The van der Waals surface area contributed by atoms with Crippen LogP contribution in [-0.4, -0.2) is 47.6 Å². The van der Waals surface area contributed by atoms with Crippen LogP contribution in [0.4, 0.5) is 0 Å². The van der Waals surface area contributed by atoms with Crippen LogP contribution in [0.1, 0.15) is 34.7 Å². The van der Waals surface area contributed by atoms with E-state index in [1.807, 2.05) is 0 Å². The second-order valence-corrected chi connectivity index (χ2v) is 14.1. The van der Waals surface area contributed by atoms with Gasteiger partial charge in [-0.15, -0.1) is 0 Å². The third kappa shape index (κ3) is 6.04. The first-order chi connectivity index (χ1) is 25.5. The molecule has 0 aliphatic carbocycles. The maximum atomic E-state index is 6.46. The van der Waals surface area contributed by atoms with E-state index in [0.29, 0.717) is 0 Å². The van der Waals surface area contributed by atoms with Crippen molar-refractivity contribution in [1.82, 2.24) is 14.0 Å². The van der Waals surface area contributed by atoms with Crippen molar-refractivity contribution in [2.75, 3.05) is 33.5 Å². The summed E-state index contributed by atoms with van der Waals surface area (Å²) in [5, 5.41) is 5.07. The van der Waals surface area contributed by atoms with Crippen LogP contribution >= 0.6 is 0 Å². The summed E-state index contributed by atoms with van der Waals surface area (Å²) in [5.74, 6) is 0.889. The molecule has 0 saturated carbocycles. The van der Waals surface area contributed by atoms with Gasteiger partial charge >= 0.3 is 0 Å². The van der Waals surface area contributed by atoms with Crippen LogP contribution in [0.5, 0.6) is 5.75 Å². The third-order valence-electron chi connectivity index (χ3n) is 10.7. The lowest BCUT2D eigenvalue weighted by Gasteiger charge is -2.24. The maximum absolute atomic E-state index is 6.46. The van der Waals surface area contributed by atoms with Crippen molar-refractivity contribution in [3.63, 3.8) is 0 Å². The monoisotopic (exact) mass is 685 g/mol. The Labute approximate surface area is 306 Å². The van der Waals surface area contributed by atoms with Crippen LogP contribution in [0.15, 0.2) is 121 Å².